The first kappa shape index (κ1) is 11.6. The molecule has 94 valence electrons. The number of carbonyl (C=O) groups is 1. The Morgan fingerprint density at radius 1 is 1.56 bits per heavy atom. The van der Waals surface area contributed by atoms with Crippen molar-refractivity contribution >= 4 is 17.1 Å². The third kappa shape index (κ3) is 1.77. The molecule has 2 aromatic heterocycles. The van der Waals surface area contributed by atoms with Gasteiger partial charge in [0, 0.05) is 10.9 Å². The molecule has 0 atom stereocenters. The van der Waals surface area contributed by atoms with Crippen LogP contribution in [0.25, 0.3) is 10.8 Å². The minimum Gasteiger partial charge on any atom is -0.333 e. The fraction of sp³-hybridized carbons (Fsp3) is 0.417. The second-order valence-electron chi connectivity index (χ2n) is 4.69. The van der Waals surface area contributed by atoms with Gasteiger partial charge < -0.3 is 10.3 Å². The molecular formula is C12H13N3O2S. The van der Waals surface area contributed by atoms with Crippen molar-refractivity contribution < 1.29 is 9.32 Å². The van der Waals surface area contributed by atoms with Crippen molar-refractivity contribution in [1.82, 2.24) is 10.1 Å². The van der Waals surface area contributed by atoms with Crippen LogP contribution in [0.5, 0.6) is 0 Å². The van der Waals surface area contributed by atoms with Crippen LogP contribution in [0.2, 0.25) is 0 Å². The van der Waals surface area contributed by atoms with Crippen LogP contribution in [0.4, 0.5) is 0 Å². The Morgan fingerprint density at radius 3 is 2.89 bits per heavy atom. The fourth-order valence-electron chi connectivity index (χ4n) is 1.94. The zero-order valence-corrected chi connectivity index (χ0v) is 10.8. The molecule has 0 saturated heterocycles. The van der Waals surface area contributed by atoms with Gasteiger partial charge in [0.25, 0.3) is 5.89 Å². The number of nitrogens with zero attached hydrogens (tertiary/aromatic N) is 2. The molecule has 0 spiro atoms. The fourth-order valence-corrected chi connectivity index (χ4v) is 2.81. The first-order chi connectivity index (χ1) is 8.58. The van der Waals surface area contributed by atoms with E-state index in [4.69, 9.17) is 10.3 Å². The van der Waals surface area contributed by atoms with E-state index in [9.17, 15) is 4.79 Å². The standard InChI is InChI=1S/C12H13N3O2S/c1-7(16)8-5-9(18-6-8)10-14-11(15-17-10)12(13)3-2-4-12/h5-6H,2-4,13H2,1H3. The highest BCUT2D eigenvalue weighted by atomic mass is 32.1. The van der Waals surface area contributed by atoms with Crippen molar-refractivity contribution in [2.75, 3.05) is 0 Å². The lowest BCUT2D eigenvalue weighted by Crippen LogP contribution is -2.44. The van der Waals surface area contributed by atoms with Crippen molar-refractivity contribution in [3.63, 3.8) is 0 Å². The second-order valence-corrected chi connectivity index (χ2v) is 5.60. The smallest absolute Gasteiger partial charge is 0.268 e. The monoisotopic (exact) mass is 263 g/mol. The molecule has 5 nitrogen and oxygen atoms in total. The quantitative estimate of drug-likeness (QED) is 0.859. The molecule has 0 unspecified atom stereocenters. The van der Waals surface area contributed by atoms with E-state index in [0.717, 1.165) is 24.1 Å². The molecule has 2 heterocycles. The van der Waals surface area contributed by atoms with Crippen LogP contribution in [0.1, 0.15) is 42.4 Å². The average Bonchev–Trinajstić information content (AvgIpc) is 2.94. The van der Waals surface area contributed by atoms with E-state index in [1.165, 1.54) is 18.3 Å². The van der Waals surface area contributed by atoms with Crippen LogP contribution in [0.3, 0.4) is 0 Å². The van der Waals surface area contributed by atoms with Crippen LogP contribution in [0.15, 0.2) is 16.0 Å². The largest absolute Gasteiger partial charge is 0.333 e. The molecule has 0 amide bonds. The molecule has 6 heteroatoms. The molecule has 0 bridgehead atoms. The van der Waals surface area contributed by atoms with E-state index in [1.54, 1.807) is 11.4 Å². The van der Waals surface area contributed by atoms with Crippen molar-refractivity contribution in [1.29, 1.82) is 0 Å². The lowest BCUT2D eigenvalue weighted by molar-refractivity contribution is 0.101. The minimum atomic E-state index is -0.414. The van der Waals surface area contributed by atoms with Gasteiger partial charge in [-0.15, -0.1) is 11.3 Å². The van der Waals surface area contributed by atoms with Crippen LogP contribution in [-0.2, 0) is 5.54 Å². The molecule has 0 aromatic carbocycles. The number of aromatic nitrogens is 2. The van der Waals surface area contributed by atoms with Gasteiger partial charge >= 0.3 is 0 Å². The molecule has 0 radical (unpaired) electrons. The number of Topliss-reactive ketones (excluding diaryl/α,β-unsaturated/α-hetero) is 1. The summed E-state index contributed by atoms with van der Waals surface area (Å²) >= 11 is 1.42. The summed E-state index contributed by atoms with van der Waals surface area (Å²) in [4.78, 5) is 16.4. The first-order valence-corrected chi connectivity index (χ1v) is 6.69. The van der Waals surface area contributed by atoms with Gasteiger partial charge in [-0.25, -0.2) is 0 Å². The molecule has 2 N–H and O–H groups in total. The third-order valence-electron chi connectivity index (χ3n) is 3.33. The molecule has 1 fully saturated rings. The van der Waals surface area contributed by atoms with Crippen molar-refractivity contribution in [2.24, 2.45) is 5.73 Å². The Morgan fingerprint density at radius 2 is 2.33 bits per heavy atom. The van der Waals surface area contributed by atoms with Gasteiger partial charge in [-0.05, 0) is 32.3 Å². The Hall–Kier alpha value is -1.53. The number of nitrogens with two attached hydrogens (primary N) is 1. The van der Waals surface area contributed by atoms with E-state index in [1.807, 2.05) is 0 Å². The van der Waals surface area contributed by atoms with Gasteiger partial charge in [-0.1, -0.05) is 5.16 Å². The minimum absolute atomic E-state index is 0.0338. The first-order valence-electron chi connectivity index (χ1n) is 5.81. The molecule has 1 aliphatic carbocycles. The summed E-state index contributed by atoms with van der Waals surface area (Å²) in [5.74, 6) is 1.05. The summed E-state index contributed by atoms with van der Waals surface area (Å²) < 4.78 is 5.22. The zero-order valence-electron chi connectivity index (χ0n) is 9.97. The SMILES string of the molecule is CC(=O)c1csc(-c2nc(C3(N)CCC3)no2)c1. The molecule has 0 aliphatic heterocycles. The predicted octanol–water partition coefficient (Wildman–Crippen LogP) is 2.34. The Kier molecular flexibility index (Phi) is 2.57. The predicted molar refractivity (Wildman–Crippen MR) is 67.3 cm³/mol. The van der Waals surface area contributed by atoms with Crippen LogP contribution in [0, 0.1) is 0 Å². The van der Waals surface area contributed by atoms with Crippen LogP contribution < -0.4 is 5.73 Å². The number of carbonyl (C=O) groups excluding carboxylic acids is 1. The lowest BCUT2D eigenvalue weighted by Gasteiger charge is -2.34. The van der Waals surface area contributed by atoms with Gasteiger partial charge in [0.2, 0.25) is 0 Å². The molecule has 3 rings (SSSR count). The van der Waals surface area contributed by atoms with Crippen molar-refractivity contribution in [3.05, 3.63) is 22.8 Å². The highest BCUT2D eigenvalue weighted by Crippen LogP contribution is 2.38. The summed E-state index contributed by atoms with van der Waals surface area (Å²) in [6, 6.07) is 1.77. The number of thiophene rings is 1. The molecule has 1 saturated carbocycles. The average molecular weight is 263 g/mol. The topological polar surface area (TPSA) is 82.0 Å². The Labute approximate surface area is 108 Å². The van der Waals surface area contributed by atoms with Gasteiger partial charge in [-0.2, -0.15) is 4.98 Å². The zero-order chi connectivity index (χ0) is 12.8. The van der Waals surface area contributed by atoms with Crippen molar-refractivity contribution in [2.45, 2.75) is 31.7 Å². The highest BCUT2D eigenvalue weighted by Gasteiger charge is 2.39. The molecule has 2 aromatic rings. The third-order valence-corrected chi connectivity index (χ3v) is 4.25. The summed E-state index contributed by atoms with van der Waals surface area (Å²) in [6.07, 6.45) is 2.90. The van der Waals surface area contributed by atoms with Gasteiger partial charge in [0.15, 0.2) is 11.6 Å². The second kappa shape index (κ2) is 4.00. The highest BCUT2D eigenvalue weighted by molar-refractivity contribution is 7.13. The number of hydrogen-bond acceptors (Lipinski definition) is 6. The van der Waals surface area contributed by atoms with Gasteiger partial charge in [0.1, 0.15) is 0 Å². The summed E-state index contributed by atoms with van der Waals surface area (Å²) in [7, 11) is 0. The normalized spacial score (nSPS) is 17.4. The van der Waals surface area contributed by atoms with E-state index in [2.05, 4.69) is 10.1 Å². The van der Waals surface area contributed by atoms with Gasteiger partial charge in [0.05, 0.1) is 10.4 Å². The van der Waals surface area contributed by atoms with E-state index < -0.39 is 5.54 Å². The Balaban J connectivity index is 1.90. The lowest BCUT2D eigenvalue weighted by atomic mass is 9.77. The summed E-state index contributed by atoms with van der Waals surface area (Å²) in [5, 5.41) is 5.75. The molecule has 1 aliphatic rings. The van der Waals surface area contributed by atoms with Crippen LogP contribution >= 0.6 is 11.3 Å². The summed E-state index contributed by atoms with van der Waals surface area (Å²) in [6.45, 7) is 1.54. The number of rotatable bonds is 3. The maximum absolute atomic E-state index is 11.2. The maximum atomic E-state index is 11.2. The van der Waals surface area contributed by atoms with Gasteiger partial charge in [-0.3, -0.25) is 4.79 Å². The summed E-state index contributed by atoms with van der Waals surface area (Å²) in [5.41, 5.74) is 6.39. The van der Waals surface area contributed by atoms with E-state index >= 15 is 0 Å². The molecule has 18 heavy (non-hydrogen) atoms. The number of hydrogen-bond donors (Lipinski definition) is 1. The van der Waals surface area contributed by atoms with E-state index in [-0.39, 0.29) is 5.78 Å². The van der Waals surface area contributed by atoms with Crippen molar-refractivity contribution in [3.8, 4) is 10.8 Å². The maximum Gasteiger partial charge on any atom is 0.268 e. The van der Waals surface area contributed by atoms with Crippen LogP contribution in [-0.4, -0.2) is 15.9 Å². The molecular weight excluding hydrogens is 250 g/mol. The van der Waals surface area contributed by atoms with E-state index in [0.29, 0.717) is 17.3 Å². The Bertz CT molecular complexity index is 598. The number of ketones is 1.